The lowest BCUT2D eigenvalue weighted by molar-refractivity contribution is 0.0912. The highest BCUT2D eigenvalue weighted by Gasteiger charge is 2.25. The van der Waals surface area contributed by atoms with Gasteiger partial charge in [0.2, 0.25) is 0 Å². The van der Waals surface area contributed by atoms with Crippen molar-refractivity contribution in [1.29, 1.82) is 0 Å². The molecule has 1 atom stereocenters. The first-order chi connectivity index (χ1) is 17.1. The lowest BCUT2D eigenvalue weighted by atomic mass is 9.95. The Kier molecular flexibility index (Phi) is 7.32. The molecule has 1 saturated heterocycles. The summed E-state index contributed by atoms with van der Waals surface area (Å²) in [5.41, 5.74) is 2.43. The predicted molar refractivity (Wildman–Crippen MR) is 135 cm³/mol. The van der Waals surface area contributed by atoms with Crippen LogP contribution in [0.15, 0.2) is 47.1 Å². The molecule has 1 aliphatic carbocycles. The van der Waals surface area contributed by atoms with Gasteiger partial charge in [0, 0.05) is 30.7 Å². The number of imidazole rings is 1. The molecule has 0 spiro atoms. The van der Waals surface area contributed by atoms with Crippen LogP contribution in [0.2, 0.25) is 0 Å². The van der Waals surface area contributed by atoms with Crippen LogP contribution in [-0.2, 0) is 0 Å². The Morgan fingerprint density at radius 2 is 1.83 bits per heavy atom. The molecule has 186 valence electrons. The van der Waals surface area contributed by atoms with Gasteiger partial charge in [-0.15, -0.1) is 0 Å². The summed E-state index contributed by atoms with van der Waals surface area (Å²) in [4.78, 5) is 20.0. The number of nitrogens with one attached hydrogen (secondary N) is 1. The number of aromatic nitrogens is 2. The molecule has 3 heterocycles. The highest BCUT2D eigenvalue weighted by atomic mass is 19.1. The molecular formula is C28H35FN4O2. The van der Waals surface area contributed by atoms with Gasteiger partial charge in [-0.3, -0.25) is 9.69 Å². The Morgan fingerprint density at radius 1 is 1.06 bits per heavy atom. The van der Waals surface area contributed by atoms with Gasteiger partial charge in [0.25, 0.3) is 5.91 Å². The van der Waals surface area contributed by atoms with E-state index in [9.17, 15) is 9.18 Å². The van der Waals surface area contributed by atoms with Gasteiger partial charge in [0.15, 0.2) is 11.5 Å². The van der Waals surface area contributed by atoms with E-state index >= 15 is 0 Å². The maximum absolute atomic E-state index is 13.6. The number of hydrogen-bond donors (Lipinski definition) is 1. The highest BCUT2D eigenvalue weighted by Crippen LogP contribution is 2.38. The standard InChI is InChI=1S/C28H35FN4O2/c1-20-7-5-6-17-32(20)18-16-30-28(34)25-15-14-24(35-25)27-26(21-10-12-22(29)13-11-21)31-19-33(27)23-8-3-2-4-9-23/h10-15,19-20,23H,2-9,16-18H2,1H3,(H,30,34)/t20-/m1/s1. The van der Waals surface area contributed by atoms with E-state index in [-0.39, 0.29) is 11.7 Å². The van der Waals surface area contributed by atoms with Crippen molar-refractivity contribution < 1.29 is 13.6 Å². The van der Waals surface area contributed by atoms with Crippen LogP contribution in [0.1, 0.15) is 74.9 Å². The quantitative estimate of drug-likeness (QED) is 0.448. The summed E-state index contributed by atoms with van der Waals surface area (Å²) in [6, 6.07) is 10.9. The Hall–Kier alpha value is -2.93. The number of carbonyl (C=O) groups is 1. The Balaban J connectivity index is 1.36. The van der Waals surface area contributed by atoms with Gasteiger partial charge in [0.1, 0.15) is 11.5 Å². The van der Waals surface area contributed by atoms with Gasteiger partial charge < -0.3 is 14.3 Å². The molecule has 0 radical (unpaired) electrons. The molecule has 2 fully saturated rings. The summed E-state index contributed by atoms with van der Waals surface area (Å²) in [5, 5.41) is 3.02. The minimum atomic E-state index is -0.280. The average Bonchev–Trinajstić information content (AvgIpc) is 3.54. The zero-order chi connectivity index (χ0) is 24.2. The molecule has 1 amide bonds. The number of nitrogens with zero attached hydrogens (tertiary/aromatic N) is 3. The third kappa shape index (κ3) is 5.35. The van der Waals surface area contributed by atoms with E-state index in [0.717, 1.165) is 42.9 Å². The fourth-order valence-electron chi connectivity index (χ4n) is 5.54. The summed E-state index contributed by atoms with van der Waals surface area (Å²) in [6.45, 7) is 4.80. The monoisotopic (exact) mass is 478 g/mol. The first-order valence-electron chi connectivity index (χ1n) is 13.1. The summed E-state index contributed by atoms with van der Waals surface area (Å²) < 4.78 is 21.9. The number of carbonyl (C=O) groups excluding carboxylic acids is 1. The van der Waals surface area contributed by atoms with Gasteiger partial charge in [-0.25, -0.2) is 9.37 Å². The third-order valence-corrected chi connectivity index (χ3v) is 7.57. The number of benzene rings is 1. The molecule has 0 unspecified atom stereocenters. The molecule has 1 aromatic carbocycles. The third-order valence-electron chi connectivity index (χ3n) is 7.57. The van der Waals surface area contributed by atoms with Crippen molar-refractivity contribution in [3.63, 3.8) is 0 Å². The minimum absolute atomic E-state index is 0.201. The topological polar surface area (TPSA) is 63.3 Å². The summed E-state index contributed by atoms with van der Waals surface area (Å²) in [6.07, 6.45) is 11.4. The summed E-state index contributed by atoms with van der Waals surface area (Å²) in [5.74, 6) is 0.432. The molecule has 1 aliphatic heterocycles. The van der Waals surface area contributed by atoms with Crippen molar-refractivity contribution in [2.24, 2.45) is 0 Å². The maximum atomic E-state index is 13.6. The van der Waals surface area contributed by atoms with Gasteiger partial charge in [-0.05, 0) is 75.5 Å². The molecule has 3 aromatic rings. The Labute approximate surface area is 206 Å². The first-order valence-corrected chi connectivity index (χ1v) is 13.1. The number of piperidine rings is 1. The smallest absolute Gasteiger partial charge is 0.287 e. The first kappa shape index (κ1) is 23.8. The van der Waals surface area contributed by atoms with E-state index in [1.807, 2.05) is 12.4 Å². The lowest BCUT2D eigenvalue weighted by Gasteiger charge is -2.33. The van der Waals surface area contributed by atoms with E-state index in [0.29, 0.717) is 30.1 Å². The average molecular weight is 479 g/mol. The number of halogens is 1. The highest BCUT2D eigenvalue weighted by molar-refractivity contribution is 5.92. The number of likely N-dealkylation sites (tertiary alicyclic amines) is 1. The molecule has 7 heteroatoms. The Morgan fingerprint density at radius 3 is 2.60 bits per heavy atom. The minimum Gasteiger partial charge on any atom is -0.449 e. The molecule has 2 aromatic heterocycles. The van der Waals surface area contributed by atoms with Crippen LogP contribution < -0.4 is 5.32 Å². The van der Waals surface area contributed by atoms with Crippen LogP contribution >= 0.6 is 0 Å². The van der Waals surface area contributed by atoms with Crippen molar-refractivity contribution in [2.45, 2.75) is 70.4 Å². The van der Waals surface area contributed by atoms with Crippen molar-refractivity contribution in [3.8, 4) is 22.7 Å². The SMILES string of the molecule is C[C@@H]1CCCCN1CCNC(=O)c1ccc(-c2c(-c3ccc(F)cc3)ncn2C2CCCCC2)o1. The van der Waals surface area contributed by atoms with Crippen LogP contribution in [0.4, 0.5) is 4.39 Å². The molecule has 2 aliphatic rings. The second kappa shape index (κ2) is 10.8. The van der Waals surface area contributed by atoms with E-state index in [1.165, 1.54) is 50.7 Å². The van der Waals surface area contributed by atoms with Crippen LogP contribution in [0.3, 0.4) is 0 Å². The second-order valence-corrected chi connectivity index (χ2v) is 9.95. The maximum Gasteiger partial charge on any atom is 0.287 e. The fraction of sp³-hybridized carbons (Fsp3) is 0.500. The number of furan rings is 1. The number of hydrogen-bond acceptors (Lipinski definition) is 4. The number of amides is 1. The fourth-order valence-corrected chi connectivity index (χ4v) is 5.54. The molecule has 0 bridgehead atoms. The summed E-state index contributed by atoms with van der Waals surface area (Å²) in [7, 11) is 0. The second-order valence-electron chi connectivity index (χ2n) is 9.95. The van der Waals surface area contributed by atoms with E-state index in [2.05, 4.69) is 21.7 Å². The largest absolute Gasteiger partial charge is 0.449 e. The van der Waals surface area contributed by atoms with Crippen molar-refractivity contribution in [1.82, 2.24) is 19.8 Å². The van der Waals surface area contributed by atoms with Gasteiger partial charge in [0.05, 0.1) is 12.0 Å². The van der Waals surface area contributed by atoms with Crippen LogP contribution in [0, 0.1) is 5.82 Å². The molecule has 1 N–H and O–H groups in total. The molecule has 1 saturated carbocycles. The van der Waals surface area contributed by atoms with E-state index in [1.54, 1.807) is 18.2 Å². The zero-order valence-electron chi connectivity index (χ0n) is 20.5. The number of rotatable bonds is 7. The van der Waals surface area contributed by atoms with E-state index < -0.39 is 0 Å². The van der Waals surface area contributed by atoms with E-state index in [4.69, 9.17) is 9.40 Å². The summed E-state index contributed by atoms with van der Waals surface area (Å²) >= 11 is 0. The van der Waals surface area contributed by atoms with Crippen LogP contribution in [-0.4, -0.2) is 46.0 Å². The van der Waals surface area contributed by atoms with Gasteiger partial charge in [-0.2, -0.15) is 0 Å². The van der Waals surface area contributed by atoms with Crippen molar-refractivity contribution in [3.05, 3.63) is 54.3 Å². The lowest BCUT2D eigenvalue weighted by Crippen LogP contribution is -2.42. The van der Waals surface area contributed by atoms with Crippen molar-refractivity contribution >= 4 is 5.91 Å². The normalized spacial score (nSPS) is 19.7. The van der Waals surface area contributed by atoms with Gasteiger partial charge >= 0.3 is 0 Å². The predicted octanol–water partition coefficient (Wildman–Crippen LogP) is 6.06. The zero-order valence-corrected chi connectivity index (χ0v) is 20.5. The molecule has 6 nitrogen and oxygen atoms in total. The van der Waals surface area contributed by atoms with Crippen LogP contribution in [0.25, 0.3) is 22.7 Å². The Bertz CT molecular complexity index is 1130. The van der Waals surface area contributed by atoms with Gasteiger partial charge in [-0.1, -0.05) is 25.7 Å². The molecule has 35 heavy (non-hydrogen) atoms. The van der Waals surface area contributed by atoms with Crippen molar-refractivity contribution in [2.75, 3.05) is 19.6 Å². The molecule has 5 rings (SSSR count). The molecular weight excluding hydrogens is 443 g/mol. The van der Waals surface area contributed by atoms with Crippen LogP contribution in [0.5, 0.6) is 0 Å².